The van der Waals surface area contributed by atoms with Gasteiger partial charge in [-0.05, 0) is 70.9 Å². The summed E-state index contributed by atoms with van der Waals surface area (Å²) < 4.78 is 0. The van der Waals surface area contributed by atoms with Crippen molar-refractivity contribution >= 4 is 36.4 Å². The summed E-state index contributed by atoms with van der Waals surface area (Å²) in [6.45, 7) is 8.83. The van der Waals surface area contributed by atoms with E-state index in [-0.39, 0.29) is 30.9 Å². The van der Waals surface area contributed by atoms with Crippen molar-refractivity contribution in [1.29, 1.82) is 0 Å². The smallest absolute Gasteiger partial charge is 0.239 e. The average Bonchev–Trinajstić information content (AvgIpc) is 2.72. The van der Waals surface area contributed by atoms with E-state index in [1.54, 1.807) is 0 Å². The summed E-state index contributed by atoms with van der Waals surface area (Å²) in [4.78, 5) is 19.8. The summed E-state index contributed by atoms with van der Waals surface area (Å²) in [6.07, 6.45) is 3.70. The third kappa shape index (κ3) is 6.51. The number of piperazine rings is 1. The molecular weight excluding hydrogens is 395 g/mol. The molecule has 1 atom stereocenters. The lowest BCUT2D eigenvalue weighted by atomic mass is 9.92. The number of nitrogens with zero attached hydrogens (tertiary/aromatic N) is 3. The van der Waals surface area contributed by atoms with Gasteiger partial charge in [-0.3, -0.25) is 9.69 Å². The molecule has 5 nitrogen and oxygen atoms in total. The quantitative estimate of drug-likeness (QED) is 0.752. The molecule has 1 unspecified atom stereocenters. The minimum atomic E-state index is 0. The molecule has 0 aliphatic carbocycles. The maximum atomic E-state index is 12.9. The van der Waals surface area contributed by atoms with Crippen LogP contribution in [-0.4, -0.2) is 74.6 Å². The predicted molar refractivity (Wildman–Crippen MR) is 122 cm³/mol. The fourth-order valence-corrected chi connectivity index (χ4v) is 4.22. The molecule has 0 saturated carbocycles. The Bertz CT molecular complexity index is 559. The first-order valence-electron chi connectivity index (χ1n) is 10.2. The topological polar surface area (TPSA) is 38.8 Å². The van der Waals surface area contributed by atoms with Gasteiger partial charge in [0.15, 0.2) is 0 Å². The zero-order chi connectivity index (χ0) is 18.4. The third-order valence-corrected chi connectivity index (χ3v) is 6.07. The number of carbonyl (C=O) groups is 1. The number of amides is 1. The Labute approximate surface area is 182 Å². The number of anilines is 1. The normalized spacial score (nSPS) is 19.5. The minimum absolute atomic E-state index is 0. The first-order valence-corrected chi connectivity index (χ1v) is 10.2. The van der Waals surface area contributed by atoms with Gasteiger partial charge in [-0.2, -0.15) is 0 Å². The lowest BCUT2D eigenvalue weighted by molar-refractivity contribution is -0.137. The summed E-state index contributed by atoms with van der Waals surface area (Å²) in [6, 6.07) is 10.5. The van der Waals surface area contributed by atoms with Gasteiger partial charge in [0.05, 0.1) is 6.04 Å². The molecule has 7 heteroatoms. The summed E-state index contributed by atoms with van der Waals surface area (Å²) in [5, 5.41) is 3.25. The summed E-state index contributed by atoms with van der Waals surface area (Å²) in [5.74, 6) is 1.13. The Morgan fingerprint density at radius 2 is 1.64 bits per heavy atom. The molecule has 2 heterocycles. The molecule has 1 aromatic rings. The van der Waals surface area contributed by atoms with E-state index >= 15 is 0 Å². The predicted octanol–water partition coefficient (Wildman–Crippen LogP) is 2.89. The first kappa shape index (κ1) is 25.0. The van der Waals surface area contributed by atoms with Crippen molar-refractivity contribution in [3.8, 4) is 0 Å². The molecule has 2 aliphatic rings. The molecule has 2 aliphatic heterocycles. The average molecular weight is 431 g/mol. The van der Waals surface area contributed by atoms with Gasteiger partial charge in [0.2, 0.25) is 5.91 Å². The number of carbonyl (C=O) groups excluding carboxylic acids is 1. The largest absolute Gasteiger partial charge is 0.368 e. The van der Waals surface area contributed by atoms with Gasteiger partial charge in [0, 0.05) is 31.9 Å². The number of rotatable bonds is 6. The van der Waals surface area contributed by atoms with Crippen LogP contribution in [0.3, 0.4) is 0 Å². The molecule has 1 amide bonds. The number of nitrogens with one attached hydrogen (secondary N) is 1. The Kier molecular flexibility index (Phi) is 11.2. The van der Waals surface area contributed by atoms with Crippen molar-refractivity contribution < 1.29 is 4.79 Å². The Balaban J connectivity index is 0.00000196. The highest BCUT2D eigenvalue weighted by Crippen LogP contribution is 2.23. The molecule has 1 aromatic carbocycles. The second-order valence-electron chi connectivity index (χ2n) is 7.70. The maximum absolute atomic E-state index is 12.9. The van der Waals surface area contributed by atoms with Crippen LogP contribution in [0.25, 0.3) is 0 Å². The van der Waals surface area contributed by atoms with Crippen LogP contribution in [0, 0.1) is 5.92 Å². The maximum Gasteiger partial charge on any atom is 0.239 e. The van der Waals surface area contributed by atoms with E-state index < -0.39 is 0 Å². The van der Waals surface area contributed by atoms with Crippen LogP contribution in [0.15, 0.2) is 30.3 Å². The van der Waals surface area contributed by atoms with Crippen LogP contribution < -0.4 is 10.2 Å². The second kappa shape index (κ2) is 12.5. The SMILES string of the molecule is CNCCC1CCN(C(C)C(=O)N2CCN(c3ccccc3)CC2)CC1.Cl.Cl. The molecule has 160 valence electrons. The zero-order valence-electron chi connectivity index (χ0n) is 17.2. The third-order valence-electron chi connectivity index (χ3n) is 6.07. The number of hydrogen-bond donors (Lipinski definition) is 1. The monoisotopic (exact) mass is 430 g/mol. The number of benzene rings is 1. The molecule has 0 radical (unpaired) electrons. The number of likely N-dealkylation sites (tertiary alicyclic amines) is 1. The number of halogens is 2. The van der Waals surface area contributed by atoms with Crippen LogP contribution in [-0.2, 0) is 4.79 Å². The Morgan fingerprint density at radius 1 is 1.04 bits per heavy atom. The van der Waals surface area contributed by atoms with E-state index in [0.29, 0.717) is 5.91 Å². The van der Waals surface area contributed by atoms with E-state index in [2.05, 4.69) is 51.2 Å². The highest BCUT2D eigenvalue weighted by molar-refractivity contribution is 5.85. The van der Waals surface area contributed by atoms with E-state index in [9.17, 15) is 4.79 Å². The fourth-order valence-electron chi connectivity index (χ4n) is 4.22. The molecule has 2 saturated heterocycles. The van der Waals surface area contributed by atoms with Crippen molar-refractivity contribution in [2.24, 2.45) is 5.92 Å². The molecule has 1 N–H and O–H groups in total. The van der Waals surface area contributed by atoms with Crippen molar-refractivity contribution in [2.45, 2.75) is 32.2 Å². The second-order valence-corrected chi connectivity index (χ2v) is 7.70. The standard InChI is InChI=1S/C21H34N4O.2ClH/c1-18(23-12-9-19(10-13-23)8-11-22-2)21(26)25-16-14-24(15-17-25)20-6-4-3-5-7-20;;/h3-7,18-19,22H,8-17H2,1-2H3;2*1H. The highest BCUT2D eigenvalue weighted by atomic mass is 35.5. The van der Waals surface area contributed by atoms with Gasteiger partial charge in [-0.1, -0.05) is 18.2 Å². The van der Waals surface area contributed by atoms with Gasteiger partial charge >= 0.3 is 0 Å². The zero-order valence-corrected chi connectivity index (χ0v) is 18.8. The lowest BCUT2D eigenvalue weighted by Crippen LogP contribution is -2.55. The van der Waals surface area contributed by atoms with E-state index in [1.807, 2.05) is 13.1 Å². The molecule has 3 rings (SSSR count). The highest BCUT2D eigenvalue weighted by Gasteiger charge is 2.30. The molecule has 2 fully saturated rings. The van der Waals surface area contributed by atoms with Crippen molar-refractivity contribution in [1.82, 2.24) is 15.1 Å². The van der Waals surface area contributed by atoms with Crippen LogP contribution in [0.5, 0.6) is 0 Å². The number of hydrogen-bond acceptors (Lipinski definition) is 4. The van der Waals surface area contributed by atoms with Gasteiger partial charge < -0.3 is 15.1 Å². The number of piperidine rings is 1. The lowest BCUT2D eigenvalue weighted by Gasteiger charge is -2.40. The van der Waals surface area contributed by atoms with Crippen molar-refractivity contribution in [3.63, 3.8) is 0 Å². The summed E-state index contributed by atoms with van der Waals surface area (Å²) >= 11 is 0. The van der Waals surface area contributed by atoms with E-state index in [1.165, 1.54) is 24.9 Å². The van der Waals surface area contributed by atoms with Crippen LogP contribution in [0.2, 0.25) is 0 Å². The van der Waals surface area contributed by atoms with Gasteiger partial charge in [0.1, 0.15) is 0 Å². The molecule has 28 heavy (non-hydrogen) atoms. The first-order chi connectivity index (χ1) is 12.7. The van der Waals surface area contributed by atoms with Crippen molar-refractivity contribution in [3.05, 3.63) is 30.3 Å². The Hall–Kier alpha value is -1.01. The Morgan fingerprint density at radius 3 is 2.21 bits per heavy atom. The summed E-state index contributed by atoms with van der Waals surface area (Å²) in [7, 11) is 2.02. The molecular formula is C21H36Cl2N4O. The molecule has 0 aromatic heterocycles. The van der Waals surface area contributed by atoms with Crippen molar-refractivity contribution in [2.75, 3.05) is 57.8 Å². The van der Waals surface area contributed by atoms with Gasteiger partial charge in [-0.15, -0.1) is 24.8 Å². The molecule has 0 spiro atoms. The summed E-state index contributed by atoms with van der Waals surface area (Å²) in [5.41, 5.74) is 1.26. The minimum Gasteiger partial charge on any atom is -0.368 e. The van der Waals surface area contributed by atoms with E-state index in [0.717, 1.165) is 51.7 Å². The van der Waals surface area contributed by atoms with Crippen LogP contribution in [0.1, 0.15) is 26.2 Å². The van der Waals surface area contributed by atoms with E-state index in [4.69, 9.17) is 0 Å². The fraction of sp³-hybridized carbons (Fsp3) is 0.667. The molecule has 0 bridgehead atoms. The number of para-hydroxylation sites is 1. The van der Waals surface area contributed by atoms with Crippen LogP contribution in [0.4, 0.5) is 5.69 Å². The van der Waals surface area contributed by atoms with Gasteiger partial charge in [-0.25, -0.2) is 0 Å². The van der Waals surface area contributed by atoms with Gasteiger partial charge in [0.25, 0.3) is 0 Å². The van der Waals surface area contributed by atoms with Crippen LogP contribution >= 0.6 is 24.8 Å².